The second-order valence-corrected chi connectivity index (χ2v) is 7.98. The summed E-state index contributed by atoms with van der Waals surface area (Å²) in [4.78, 5) is 21.3. The number of carbonyl (C=O) groups is 1. The third-order valence-electron chi connectivity index (χ3n) is 3.43. The van der Waals surface area contributed by atoms with Crippen LogP contribution in [0.3, 0.4) is 0 Å². The Hall–Kier alpha value is -1.70. The predicted molar refractivity (Wildman–Crippen MR) is 95.5 cm³/mol. The van der Waals surface area contributed by atoms with E-state index in [9.17, 15) is 9.18 Å². The van der Waals surface area contributed by atoms with Crippen molar-refractivity contribution >= 4 is 50.9 Å². The molecular formula is C16H12ClFN2O2S2. The lowest BCUT2D eigenvalue weighted by molar-refractivity contribution is -0.136. The highest BCUT2D eigenvalue weighted by Gasteiger charge is 2.20. The average molecular weight is 383 g/mol. The zero-order valence-corrected chi connectivity index (χ0v) is 15.1. The van der Waals surface area contributed by atoms with Crippen LogP contribution in [0.4, 0.5) is 4.39 Å². The smallest absolute Gasteiger partial charge is 0.316 e. The molecule has 0 aliphatic rings. The fourth-order valence-corrected chi connectivity index (χ4v) is 4.46. The van der Waals surface area contributed by atoms with Gasteiger partial charge in [0.25, 0.3) is 0 Å². The number of halogens is 2. The maximum Gasteiger partial charge on any atom is 0.316 e. The summed E-state index contributed by atoms with van der Waals surface area (Å²) < 4.78 is 13.2. The van der Waals surface area contributed by atoms with Gasteiger partial charge in [0.15, 0.2) is 5.16 Å². The van der Waals surface area contributed by atoms with E-state index in [4.69, 9.17) is 16.7 Å². The molecule has 3 rings (SSSR count). The van der Waals surface area contributed by atoms with Crippen molar-refractivity contribution in [1.82, 2.24) is 9.97 Å². The maximum absolute atomic E-state index is 13.2. The largest absolute Gasteiger partial charge is 0.480 e. The zero-order chi connectivity index (χ0) is 17.4. The third kappa shape index (κ3) is 3.24. The molecule has 3 aromatic rings. The second kappa shape index (κ2) is 6.66. The number of thioether (sulfide) groups is 1. The number of aryl methyl sites for hydroxylation is 1. The first-order valence-corrected chi connectivity index (χ1v) is 9.06. The Balaban J connectivity index is 2.11. The normalized spacial score (nSPS) is 12.5. The van der Waals surface area contributed by atoms with Crippen LogP contribution in [0.2, 0.25) is 5.15 Å². The van der Waals surface area contributed by atoms with Gasteiger partial charge in [-0.25, -0.2) is 14.4 Å². The van der Waals surface area contributed by atoms with Gasteiger partial charge in [-0.15, -0.1) is 11.3 Å². The predicted octanol–water partition coefficient (Wildman–Crippen LogP) is 5.02. The molecule has 2 heterocycles. The minimum Gasteiger partial charge on any atom is -0.480 e. The van der Waals surface area contributed by atoms with Gasteiger partial charge in [0.05, 0.1) is 5.39 Å². The highest BCUT2D eigenvalue weighted by Crippen LogP contribution is 2.41. The Bertz CT molecular complexity index is 928. The molecule has 1 unspecified atom stereocenters. The van der Waals surface area contributed by atoms with Gasteiger partial charge in [0.1, 0.15) is 21.1 Å². The molecule has 124 valence electrons. The molecular weight excluding hydrogens is 371 g/mol. The number of fused-ring (bicyclic) bond motifs is 1. The molecule has 4 nitrogen and oxygen atoms in total. The van der Waals surface area contributed by atoms with Crippen LogP contribution in [0, 0.1) is 12.7 Å². The summed E-state index contributed by atoms with van der Waals surface area (Å²) in [6, 6.07) is 6.17. The molecule has 0 saturated carbocycles. The van der Waals surface area contributed by atoms with Crippen molar-refractivity contribution in [3.05, 3.63) is 40.1 Å². The SMILES string of the molecule is Cc1sc2nc(SC(C)C(=O)O)nc(Cl)c2c1-c1ccc(F)cc1. The van der Waals surface area contributed by atoms with E-state index in [2.05, 4.69) is 9.97 Å². The first kappa shape index (κ1) is 17.1. The van der Waals surface area contributed by atoms with Crippen LogP contribution in [0.5, 0.6) is 0 Å². The number of rotatable bonds is 4. The number of benzene rings is 1. The number of hydrogen-bond donors (Lipinski definition) is 1. The number of carboxylic acid groups (broad SMARTS) is 1. The molecule has 0 aliphatic carbocycles. The van der Waals surface area contributed by atoms with Crippen molar-refractivity contribution < 1.29 is 14.3 Å². The highest BCUT2D eigenvalue weighted by molar-refractivity contribution is 8.00. The van der Waals surface area contributed by atoms with Gasteiger partial charge in [-0.1, -0.05) is 35.5 Å². The Morgan fingerprint density at radius 2 is 2.00 bits per heavy atom. The van der Waals surface area contributed by atoms with E-state index in [0.717, 1.165) is 27.8 Å². The minimum absolute atomic E-state index is 0.267. The lowest BCUT2D eigenvalue weighted by atomic mass is 10.0. The van der Waals surface area contributed by atoms with E-state index in [1.54, 1.807) is 19.1 Å². The van der Waals surface area contributed by atoms with Crippen LogP contribution in [-0.2, 0) is 4.79 Å². The number of carboxylic acids is 1. The Labute approximate surface area is 150 Å². The zero-order valence-electron chi connectivity index (χ0n) is 12.7. The molecule has 24 heavy (non-hydrogen) atoms. The van der Waals surface area contributed by atoms with E-state index in [1.165, 1.54) is 23.5 Å². The summed E-state index contributed by atoms with van der Waals surface area (Å²) >= 11 is 8.84. The van der Waals surface area contributed by atoms with Crippen molar-refractivity contribution in [2.75, 3.05) is 0 Å². The van der Waals surface area contributed by atoms with Crippen molar-refractivity contribution in [3.63, 3.8) is 0 Å². The van der Waals surface area contributed by atoms with E-state index in [0.29, 0.717) is 15.4 Å². The van der Waals surface area contributed by atoms with Crippen molar-refractivity contribution in [2.45, 2.75) is 24.3 Å². The van der Waals surface area contributed by atoms with Crippen LogP contribution in [0.15, 0.2) is 29.4 Å². The second-order valence-electron chi connectivity index (χ2n) is 5.12. The number of nitrogens with zero attached hydrogens (tertiary/aromatic N) is 2. The summed E-state index contributed by atoms with van der Waals surface area (Å²) in [5.41, 5.74) is 1.72. The van der Waals surface area contributed by atoms with Crippen LogP contribution in [0.25, 0.3) is 21.3 Å². The molecule has 0 saturated heterocycles. The standard InChI is InChI=1S/C16H12ClFN2O2S2/c1-7-11(9-3-5-10(18)6-4-9)12-13(17)19-16(20-14(12)23-7)24-8(2)15(21)22/h3-6,8H,1-2H3,(H,21,22). The van der Waals surface area contributed by atoms with Gasteiger partial charge in [-0.3, -0.25) is 4.79 Å². The number of aromatic nitrogens is 2. The fourth-order valence-electron chi connectivity index (χ4n) is 2.28. The van der Waals surface area contributed by atoms with Gasteiger partial charge in [0, 0.05) is 10.4 Å². The summed E-state index contributed by atoms with van der Waals surface area (Å²) in [5, 5.41) is 9.64. The molecule has 1 atom stereocenters. The third-order valence-corrected chi connectivity index (χ3v) is 5.65. The first-order valence-electron chi connectivity index (χ1n) is 6.99. The van der Waals surface area contributed by atoms with Gasteiger partial charge in [0.2, 0.25) is 0 Å². The summed E-state index contributed by atoms with van der Waals surface area (Å²) in [5.74, 6) is -1.24. The Morgan fingerprint density at radius 1 is 1.33 bits per heavy atom. The molecule has 0 bridgehead atoms. The summed E-state index contributed by atoms with van der Waals surface area (Å²) in [7, 11) is 0. The van der Waals surface area contributed by atoms with Gasteiger partial charge in [-0.2, -0.15) is 0 Å². The monoisotopic (exact) mass is 382 g/mol. The topological polar surface area (TPSA) is 63.1 Å². The van der Waals surface area contributed by atoms with Crippen LogP contribution >= 0.6 is 34.7 Å². The maximum atomic E-state index is 13.2. The van der Waals surface area contributed by atoms with Crippen LogP contribution in [0.1, 0.15) is 11.8 Å². The molecule has 1 aromatic carbocycles. The van der Waals surface area contributed by atoms with E-state index in [1.807, 2.05) is 6.92 Å². The number of hydrogen-bond acceptors (Lipinski definition) is 5. The highest BCUT2D eigenvalue weighted by atomic mass is 35.5. The molecule has 2 aromatic heterocycles. The van der Waals surface area contributed by atoms with Gasteiger partial charge < -0.3 is 5.11 Å². The molecule has 1 N–H and O–H groups in total. The lowest BCUT2D eigenvalue weighted by Gasteiger charge is -2.06. The van der Waals surface area contributed by atoms with Crippen LogP contribution in [-0.4, -0.2) is 26.3 Å². The van der Waals surface area contributed by atoms with E-state index >= 15 is 0 Å². The Morgan fingerprint density at radius 3 is 2.62 bits per heavy atom. The Kier molecular flexibility index (Phi) is 4.76. The van der Waals surface area contributed by atoms with E-state index in [-0.39, 0.29) is 11.0 Å². The molecule has 0 spiro atoms. The van der Waals surface area contributed by atoms with Crippen LogP contribution < -0.4 is 0 Å². The van der Waals surface area contributed by atoms with Gasteiger partial charge in [-0.05, 0) is 31.5 Å². The van der Waals surface area contributed by atoms with Gasteiger partial charge >= 0.3 is 5.97 Å². The summed E-state index contributed by atoms with van der Waals surface area (Å²) in [6.45, 7) is 3.51. The quantitative estimate of drug-likeness (QED) is 0.389. The first-order chi connectivity index (χ1) is 11.4. The van der Waals surface area contributed by atoms with E-state index < -0.39 is 11.2 Å². The number of aliphatic carboxylic acids is 1. The molecule has 0 aliphatic heterocycles. The molecule has 0 fully saturated rings. The van der Waals surface area contributed by atoms with Crippen molar-refractivity contribution in [1.29, 1.82) is 0 Å². The fraction of sp³-hybridized carbons (Fsp3) is 0.188. The molecule has 0 radical (unpaired) electrons. The van der Waals surface area contributed by atoms with Crippen molar-refractivity contribution in [2.24, 2.45) is 0 Å². The average Bonchev–Trinajstić information content (AvgIpc) is 2.84. The molecule has 8 heteroatoms. The van der Waals surface area contributed by atoms with Crippen molar-refractivity contribution in [3.8, 4) is 11.1 Å². The number of thiophene rings is 1. The molecule has 0 amide bonds. The summed E-state index contributed by atoms with van der Waals surface area (Å²) in [6.07, 6.45) is 0. The minimum atomic E-state index is -0.936. The lowest BCUT2D eigenvalue weighted by Crippen LogP contribution is -2.11.